The number of carboxylic acid groups (broad SMARTS) is 1. The van der Waals surface area contributed by atoms with Crippen LogP contribution in [0, 0.1) is 0 Å². The number of carbonyl (C=O) groups is 1. The number of rotatable bonds is 5. The van der Waals surface area contributed by atoms with E-state index >= 15 is 0 Å². The van der Waals surface area contributed by atoms with Gasteiger partial charge in [-0.25, -0.2) is 0 Å². The molecule has 118 valence electrons. The molecular weight excluding hydrogens is 287 g/mol. The molecule has 1 aromatic rings. The average Bonchev–Trinajstić information content (AvgIpc) is 2.88. The number of hydrogen-bond donors (Lipinski definition) is 2. The lowest BCUT2D eigenvalue weighted by Gasteiger charge is -2.32. The average molecular weight is 305 g/mol. The number of H-pyrrole nitrogens is 1. The van der Waals surface area contributed by atoms with Gasteiger partial charge in [-0.2, -0.15) is 18.3 Å². The van der Waals surface area contributed by atoms with E-state index in [-0.39, 0.29) is 12.3 Å². The van der Waals surface area contributed by atoms with Crippen molar-refractivity contribution < 1.29 is 23.1 Å². The van der Waals surface area contributed by atoms with Gasteiger partial charge >= 0.3 is 12.1 Å². The number of alkyl halides is 3. The predicted octanol–water partition coefficient (Wildman–Crippen LogP) is 2.47. The van der Waals surface area contributed by atoms with Gasteiger partial charge in [0.25, 0.3) is 0 Å². The quantitative estimate of drug-likeness (QED) is 0.877. The summed E-state index contributed by atoms with van der Waals surface area (Å²) < 4.78 is 37.6. The summed E-state index contributed by atoms with van der Waals surface area (Å²) in [4.78, 5) is 12.6. The number of nitrogens with one attached hydrogen (secondary N) is 1. The second-order valence-corrected chi connectivity index (χ2v) is 5.34. The number of hydrogen-bond acceptors (Lipinski definition) is 3. The van der Waals surface area contributed by atoms with Crippen molar-refractivity contribution in [1.82, 2.24) is 15.1 Å². The Labute approximate surface area is 120 Å². The summed E-state index contributed by atoms with van der Waals surface area (Å²) in [6.45, 7) is 2.15. The number of aromatic amines is 1. The van der Waals surface area contributed by atoms with Crippen molar-refractivity contribution in [2.75, 3.05) is 19.6 Å². The van der Waals surface area contributed by atoms with Gasteiger partial charge in [0, 0.05) is 24.6 Å². The molecule has 0 aliphatic carbocycles. The highest BCUT2D eigenvalue weighted by atomic mass is 19.4. The normalized spacial score (nSPS) is 20.6. The van der Waals surface area contributed by atoms with E-state index in [0.29, 0.717) is 25.2 Å². The van der Waals surface area contributed by atoms with Crippen LogP contribution in [0.25, 0.3) is 0 Å². The monoisotopic (exact) mass is 305 g/mol. The number of aliphatic carboxylic acids is 1. The SMILES string of the molecule is O=C(O)CCCN1CCCC(c2cc(C(F)(F)F)n[nH]2)C1. The second-order valence-electron chi connectivity index (χ2n) is 5.34. The van der Waals surface area contributed by atoms with Gasteiger partial charge in [-0.3, -0.25) is 9.89 Å². The van der Waals surface area contributed by atoms with Gasteiger partial charge in [0.2, 0.25) is 0 Å². The number of piperidine rings is 1. The summed E-state index contributed by atoms with van der Waals surface area (Å²) in [5, 5.41) is 14.4. The number of nitrogens with zero attached hydrogens (tertiary/aromatic N) is 2. The van der Waals surface area contributed by atoms with E-state index in [1.165, 1.54) is 0 Å². The molecule has 1 atom stereocenters. The topological polar surface area (TPSA) is 69.2 Å². The fraction of sp³-hybridized carbons (Fsp3) is 0.692. The molecule has 2 rings (SSSR count). The van der Waals surface area contributed by atoms with Gasteiger partial charge in [0.05, 0.1) is 0 Å². The van der Waals surface area contributed by atoms with Gasteiger partial charge in [-0.05, 0) is 38.4 Å². The molecule has 1 aliphatic rings. The minimum absolute atomic E-state index is 0.00724. The summed E-state index contributed by atoms with van der Waals surface area (Å²) in [5.74, 6) is -0.834. The van der Waals surface area contributed by atoms with Crippen molar-refractivity contribution in [3.8, 4) is 0 Å². The minimum Gasteiger partial charge on any atom is -0.481 e. The van der Waals surface area contributed by atoms with Gasteiger partial charge in [0.1, 0.15) is 0 Å². The Morgan fingerprint density at radius 3 is 2.90 bits per heavy atom. The molecule has 0 bridgehead atoms. The van der Waals surface area contributed by atoms with Crippen molar-refractivity contribution >= 4 is 5.97 Å². The third kappa shape index (κ3) is 4.45. The first-order valence-electron chi connectivity index (χ1n) is 6.93. The van der Waals surface area contributed by atoms with Crippen molar-refractivity contribution in [1.29, 1.82) is 0 Å². The molecule has 0 radical (unpaired) electrons. The standard InChI is InChI=1S/C13H18F3N3O2/c14-13(15,16)11-7-10(17-18-11)9-3-1-5-19(8-9)6-2-4-12(20)21/h7,9H,1-6,8H2,(H,17,18)(H,20,21). The van der Waals surface area contributed by atoms with Crippen molar-refractivity contribution in [2.45, 2.75) is 37.8 Å². The first-order chi connectivity index (χ1) is 9.86. The van der Waals surface area contributed by atoms with E-state index in [0.717, 1.165) is 25.5 Å². The summed E-state index contributed by atoms with van der Waals surface area (Å²) in [6.07, 6.45) is -2.06. The van der Waals surface area contributed by atoms with Crippen LogP contribution in [-0.4, -0.2) is 45.8 Å². The molecule has 1 fully saturated rings. The van der Waals surface area contributed by atoms with E-state index in [4.69, 9.17) is 5.11 Å². The highest BCUT2D eigenvalue weighted by Crippen LogP contribution is 2.31. The Balaban J connectivity index is 1.91. The fourth-order valence-corrected chi connectivity index (χ4v) is 2.66. The van der Waals surface area contributed by atoms with Crippen LogP contribution >= 0.6 is 0 Å². The molecular formula is C13H18F3N3O2. The molecule has 1 unspecified atom stereocenters. The molecule has 0 saturated carbocycles. The van der Waals surface area contributed by atoms with Crippen LogP contribution in [-0.2, 0) is 11.0 Å². The third-order valence-corrected chi connectivity index (χ3v) is 3.70. The maximum Gasteiger partial charge on any atom is 0.435 e. The molecule has 1 aromatic heterocycles. The molecule has 1 aliphatic heterocycles. The van der Waals surface area contributed by atoms with Crippen LogP contribution in [0.3, 0.4) is 0 Å². The lowest BCUT2D eigenvalue weighted by atomic mass is 9.94. The van der Waals surface area contributed by atoms with Crippen LogP contribution in [0.4, 0.5) is 13.2 Å². The molecule has 5 nitrogen and oxygen atoms in total. The fourth-order valence-electron chi connectivity index (χ4n) is 2.66. The Morgan fingerprint density at radius 2 is 2.29 bits per heavy atom. The van der Waals surface area contributed by atoms with Crippen LogP contribution in [0.2, 0.25) is 0 Å². The largest absolute Gasteiger partial charge is 0.481 e. The molecule has 8 heteroatoms. The number of likely N-dealkylation sites (tertiary alicyclic amines) is 1. The van der Waals surface area contributed by atoms with Gasteiger partial charge in [-0.1, -0.05) is 0 Å². The maximum atomic E-state index is 12.5. The first-order valence-corrected chi connectivity index (χ1v) is 6.93. The minimum atomic E-state index is -4.43. The lowest BCUT2D eigenvalue weighted by molar-refractivity contribution is -0.141. The highest BCUT2D eigenvalue weighted by molar-refractivity contribution is 5.66. The summed E-state index contributed by atoms with van der Waals surface area (Å²) in [5.41, 5.74) is -0.384. The molecule has 0 amide bonds. The van der Waals surface area contributed by atoms with E-state index in [1.54, 1.807) is 0 Å². The summed E-state index contributed by atoms with van der Waals surface area (Å²) in [6, 6.07) is 1.07. The smallest absolute Gasteiger partial charge is 0.435 e. The van der Waals surface area contributed by atoms with Crippen molar-refractivity contribution in [2.24, 2.45) is 0 Å². The first kappa shape index (κ1) is 15.8. The van der Waals surface area contributed by atoms with E-state index in [2.05, 4.69) is 15.1 Å². The van der Waals surface area contributed by atoms with Gasteiger partial charge < -0.3 is 10.0 Å². The van der Waals surface area contributed by atoms with Gasteiger partial charge in [-0.15, -0.1) is 0 Å². The number of carboxylic acids is 1. The van der Waals surface area contributed by atoms with Crippen LogP contribution < -0.4 is 0 Å². The van der Waals surface area contributed by atoms with E-state index in [1.807, 2.05) is 0 Å². The summed E-state index contributed by atoms with van der Waals surface area (Å²) in [7, 11) is 0. The zero-order valence-electron chi connectivity index (χ0n) is 11.5. The highest BCUT2D eigenvalue weighted by Gasteiger charge is 2.35. The number of halogens is 3. The van der Waals surface area contributed by atoms with E-state index < -0.39 is 17.8 Å². The molecule has 1 saturated heterocycles. The molecule has 2 N–H and O–H groups in total. The van der Waals surface area contributed by atoms with Crippen LogP contribution in [0.1, 0.15) is 43.0 Å². The van der Waals surface area contributed by atoms with Crippen molar-refractivity contribution in [3.63, 3.8) is 0 Å². The Kier molecular flexibility index (Phi) is 4.87. The Bertz CT molecular complexity index is 487. The van der Waals surface area contributed by atoms with Crippen LogP contribution in [0.15, 0.2) is 6.07 Å². The molecule has 0 aromatic carbocycles. The third-order valence-electron chi connectivity index (χ3n) is 3.70. The zero-order chi connectivity index (χ0) is 15.5. The molecule has 2 heterocycles. The number of aromatic nitrogens is 2. The Hall–Kier alpha value is -1.57. The second kappa shape index (κ2) is 6.46. The van der Waals surface area contributed by atoms with Crippen molar-refractivity contribution in [3.05, 3.63) is 17.5 Å². The maximum absolute atomic E-state index is 12.5. The lowest BCUT2D eigenvalue weighted by Crippen LogP contribution is -2.35. The van der Waals surface area contributed by atoms with Crippen LogP contribution in [0.5, 0.6) is 0 Å². The Morgan fingerprint density at radius 1 is 1.52 bits per heavy atom. The van der Waals surface area contributed by atoms with Gasteiger partial charge in [0.15, 0.2) is 5.69 Å². The predicted molar refractivity (Wildman–Crippen MR) is 68.9 cm³/mol. The molecule has 0 spiro atoms. The zero-order valence-corrected chi connectivity index (χ0v) is 11.5. The summed E-state index contributed by atoms with van der Waals surface area (Å²) >= 11 is 0. The molecule has 21 heavy (non-hydrogen) atoms. The van der Waals surface area contributed by atoms with E-state index in [9.17, 15) is 18.0 Å².